The molecule has 92 valence electrons. The first kappa shape index (κ1) is 11.2. The highest BCUT2D eigenvalue weighted by atomic mass is 35.5. The number of rotatable bonds is 2. The molecule has 0 spiro atoms. The maximum Gasteiger partial charge on any atom is 0.164 e. The first-order chi connectivity index (χ1) is 8.15. The Morgan fingerprint density at radius 3 is 2.71 bits per heavy atom. The van der Waals surface area contributed by atoms with E-state index in [-0.39, 0.29) is 5.54 Å². The molecule has 4 heteroatoms. The second-order valence-corrected chi connectivity index (χ2v) is 5.15. The summed E-state index contributed by atoms with van der Waals surface area (Å²) in [6, 6.07) is 1.84. The Morgan fingerprint density at radius 2 is 2.06 bits per heavy atom. The summed E-state index contributed by atoms with van der Waals surface area (Å²) < 4.78 is 11.3. The van der Waals surface area contributed by atoms with Gasteiger partial charge in [-0.3, -0.25) is 0 Å². The Hall–Kier alpha value is -0.930. The van der Waals surface area contributed by atoms with E-state index in [0.717, 1.165) is 41.9 Å². The van der Waals surface area contributed by atoms with Gasteiger partial charge in [-0.15, -0.1) is 0 Å². The SMILES string of the molecule is CCc1c2c(cc(Cl)c1C1(N)CC1)OCCO2. The summed E-state index contributed by atoms with van der Waals surface area (Å²) in [5, 5.41) is 0.714. The summed E-state index contributed by atoms with van der Waals surface area (Å²) in [5.74, 6) is 1.60. The standard InChI is InChI=1S/C13H16ClNO2/c1-2-8-11(13(15)3-4-13)9(14)7-10-12(8)17-6-5-16-10/h7H,2-6,15H2,1H3. The number of hydrogen-bond acceptors (Lipinski definition) is 3. The topological polar surface area (TPSA) is 44.5 Å². The molecule has 0 bridgehead atoms. The van der Waals surface area contributed by atoms with E-state index < -0.39 is 0 Å². The lowest BCUT2D eigenvalue weighted by molar-refractivity contribution is 0.169. The van der Waals surface area contributed by atoms with E-state index in [4.69, 9.17) is 26.8 Å². The predicted molar refractivity (Wildman–Crippen MR) is 66.9 cm³/mol. The Labute approximate surface area is 106 Å². The van der Waals surface area contributed by atoms with Crippen molar-refractivity contribution in [3.05, 3.63) is 22.2 Å². The number of nitrogens with two attached hydrogens (primary N) is 1. The summed E-state index contributed by atoms with van der Waals surface area (Å²) in [4.78, 5) is 0. The first-order valence-corrected chi connectivity index (χ1v) is 6.44. The van der Waals surface area contributed by atoms with Crippen LogP contribution in [-0.4, -0.2) is 13.2 Å². The molecule has 0 aromatic heterocycles. The second-order valence-electron chi connectivity index (χ2n) is 4.75. The van der Waals surface area contributed by atoms with E-state index in [2.05, 4.69) is 6.92 Å². The molecule has 0 radical (unpaired) electrons. The molecule has 1 fully saturated rings. The molecule has 2 N–H and O–H groups in total. The van der Waals surface area contributed by atoms with Gasteiger partial charge in [-0.2, -0.15) is 0 Å². The van der Waals surface area contributed by atoms with Crippen LogP contribution in [0.5, 0.6) is 11.5 Å². The van der Waals surface area contributed by atoms with Gasteiger partial charge in [0.1, 0.15) is 13.2 Å². The van der Waals surface area contributed by atoms with Crippen molar-refractivity contribution in [2.45, 2.75) is 31.7 Å². The van der Waals surface area contributed by atoms with Crippen molar-refractivity contribution in [1.82, 2.24) is 0 Å². The Morgan fingerprint density at radius 1 is 1.35 bits per heavy atom. The maximum absolute atomic E-state index is 6.35. The molecule has 3 nitrogen and oxygen atoms in total. The molecule has 1 aliphatic heterocycles. The third kappa shape index (κ3) is 1.69. The molecule has 2 aliphatic rings. The van der Waals surface area contributed by atoms with Gasteiger partial charge in [0.15, 0.2) is 11.5 Å². The van der Waals surface area contributed by atoms with Gasteiger partial charge in [0.05, 0.1) is 0 Å². The fourth-order valence-corrected chi connectivity index (χ4v) is 2.88. The predicted octanol–water partition coefficient (Wildman–Crippen LogP) is 2.62. The van der Waals surface area contributed by atoms with Gasteiger partial charge in [0.25, 0.3) is 0 Å². The Kier molecular flexibility index (Phi) is 2.49. The van der Waals surface area contributed by atoms with E-state index in [9.17, 15) is 0 Å². The van der Waals surface area contributed by atoms with Crippen LogP contribution in [0.2, 0.25) is 5.02 Å². The summed E-state index contributed by atoms with van der Waals surface area (Å²) in [5.41, 5.74) is 8.24. The van der Waals surface area contributed by atoms with Gasteiger partial charge in [-0.05, 0) is 24.8 Å². The van der Waals surface area contributed by atoms with Crippen LogP contribution in [0.15, 0.2) is 6.07 Å². The van der Waals surface area contributed by atoms with Crippen LogP contribution in [0, 0.1) is 0 Å². The summed E-state index contributed by atoms with van der Waals surface area (Å²) in [6.45, 7) is 3.28. The molecule has 1 aromatic carbocycles. The van der Waals surface area contributed by atoms with E-state index in [0.29, 0.717) is 18.2 Å². The van der Waals surface area contributed by atoms with Gasteiger partial charge in [-0.25, -0.2) is 0 Å². The fourth-order valence-electron chi connectivity index (χ4n) is 2.48. The van der Waals surface area contributed by atoms with Gasteiger partial charge >= 0.3 is 0 Å². The average molecular weight is 254 g/mol. The monoisotopic (exact) mass is 253 g/mol. The molecular formula is C13H16ClNO2. The number of hydrogen-bond donors (Lipinski definition) is 1. The summed E-state index contributed by atoms with van der Waals surface area (Å²) in [7, 11) is 0. The molecule has 0 atom stereocenters. The Bertz CT molecular complexity index is 469. The third-order valence-electron chi connectivity index (χ3n) is 3.52. The molecule has 1 aromatic rings. The van der Waals surface area contributed by atoms with Gasteiger partial charge in [0.2, 0.25) is 0 Å². The molecule has 0 unspecified atom stereocenters. The lowest BCUT2D eigenvalue weighted by atomic mass is 9.95. The van der Waals surface area contributed by atoms with Gasteiger partial charge in [0, 0.05) is 22.2 Å². The minimum atomic E-state index is -0.238. The summed E-state index contributed by atoms with van der Waals surface area (Å²) >= 11 is 6.35. The molecule has 0 amide bonds. The number of fused-ring (bicyclic) bond motifs is 1. The molecule has 1 saturated carbocycles. The highest BCUT2D eigenvalue weighted by molar-refractivity contribution is 6.32. The van der Waals surface area contributed by atoms with Crippen LogP contribution in [0.4, 0.5) is 0 Å². The van der Waals surface area contributed by atoms with Crippen LogP contribution < -0.4 is 15.2 Å². The third-order valence-corrected chi connectivity index (χ3v) is 3.82. The highest BCUT2D eigenvalue weighted by Gasteiger charge is 2.44. The zero-order valence-corrected chi connectivity index (χ0v) is 10.6. The van der Waals surface area contributed by atoms with Gasteiger partial charge < -0.3 is 15.2 Å². The second kappa shape index (κ2) is 3.79. The van der Waals surface area contributed by atoms with E-state index in [1.165, 1.54) is 0 Å². The number of ether oxygens (including phenoxy) is 2. The average Bonchev–Trinajstić information content (AvgIpc) is 3.06. The smallest absolute Gasteiger partial charge is 0.164 e. The largest absolute Gasteiger partial charge is 0.486 e. The van der Waals surface area contributed by atoms with Crippen molar-refractivity contribution >= 4 is 11.6 Å². The van der Waals surface area contributed by atoms with Crippen molar-refractivity contribution in [3.63, 3.8) is 0 Å². The van der Waals surface area contributed by atoms with Crippen molar-refractivity contribution in [2.75, 3.05) is 13.2 Å². The van der Waals surface area contributed by atoms with E-state index in [1.54, 1.807) is 0 Å². The summed E-state index contributed by atoms with van der Waals surface area (Å²) in [6.07, 6.45) is 2.86. The quantitative estimate of drug-likeness (QED) is 0.881. The lowest BCUT2D eigenvalue weighted by Crippen LogP contribution is -2.24. The Balaban J connectivity index is 2.20. The molecular weight excluding hydrogens is 238 g/mol. The van der Waals surface area contributed by atoms with E-state index >= 15 is 0 Å². The number of benzene rings is 1. The molecule has 17 heavy (non-hydrogen) atoms. The highest BCUT2D eigenvalue weighted by Crippen LogP contribution is 2.51. The van der Waals surface area contributed by atoms with Crippen molar-refractivity contribution in [2.24, 2.45) is 5.73 Å². The van der Waals surface area contributed by atoms with Crippen LogP contribution in [0.3, 0.4) is 0 Å². The van der Waals surface area contributed by atoms with Crippen molar-refractivity contribution in [1.29, 1.82) is 0 Å². The minimum Gasteiger partial charge on any atom is -0.486 e. The first-order valence-electron chi connectivity index (χ1n) is 6.06. The maximum atomic E-state index is 6.35. The number of halogens is 1. The molecule has 0 saturated heterocycles. The van der Waals surface area contributed by atoms with Crippen LogP contribution in [-0.2, 0) is 12.0 Å². The molecule has 1 heterocycles. The van der Waals surface area contributed by atoms with Crippen LogP contribution in [0.25, 0.3) is 0 Å². The lowest BCUT2D eigenvalue weighted by Gasteiger charge is -2.25. The van der Waals surface area contributed by atoms with Crippen molar-refractivity contribution in [3.8, 4) is 11.5 Å². The van der Waals surface area contributed by atoms with Crippen LogP contribution >= 0.6 is 11.6 Å². The van der Waals surface area contributed by atoms with Crippen molar-refractivity contribution < 1.29 is 9.47 Å². The van der Waals surface area contributed by atoms with E-state index in [1.807, 2.05) is 6.07 Å². The molecule has 3 rings (SSSR count). The normalized spacial score (nSPS) is 20.2. The fraction of sp³-hybridized carbons (Fsp3) is 0.538. The zero-order valence-electron chi connectivity index (χ0n) is 9.88. The minimum absolute atomic E-state index is 0.238. The van der Waals surface area contributed by atoms with Crippen LogP contribution in [0.1, 0.15) is 30.9 Å². The zero-order chi connectivity index (χ0) is 12.0. The molecule has 1 aliphatic carbocycles. The van der Waals surface area contributed by atoms with Gasteiger partial charge in [-0.1, -0.05) is 18.5 Å².